The van der Waals surface area contributed by atoms with Crippen LogP contribution in [0.3, 0.4) is 0 Å². The molecule has 1 unspecified atom stereocenters. The Labute approximate surface area is 224 Å². The summed E-state index contributed by atoms with van der Waals surface area (Å²) in [5.41, 5.74) is 1.39. The Kier molecular flexibility index (Phi) is 16.5. The minimum Gasteiger partial charge on any atom is -0.480 e. The number of benzene rings is 2. The number of carboxylic acid groups (broad SMARTS) is 2. The van der Waals surface area contributed by atoms with E-state index in [0.29, 0.717) is 5.46 Å². The summed E-state index contributed by atoms with van der Waals surface area (Å²) >= 11 is 0. The highest BCUT2D eigenvalue weighted by Crippen LogP contribution is 2.22. The highest BCUT2D eigenvalue weighted by Gasteiger charge is 2.29. The molecule has 2 aliphatic heterocycles. The van der Waals surface area contributed by atoms with Crippen LogP contribution in [0.25, 0.3) is 0 Å². The Hall–Kier alpha value is -3.13. The van der Waals surface area contributed by atoms with Crippen LogP contribution < -0.4 is 10.8 Å². The largest absolute Gasteiger partial charge is 0.488 e. The van der Waals surface area contributed by atoms with E-state index in [1.54, 1.807) is 24.3 Å². The molecule has 2 aliphatic rings. The van der Waals surface area contributed by atoms with E-state index in [-0.39, 0.29) is 6.29 Å². The summed E-state index contributed by atoms with van der Waals surface area (Å²) < 4.78 is 0. The third-order valence-electron chi connectivity index (χ3n) is 5.79. The van der Waals surface area contributed by atoms with Gasteiger partial charge in [0.25, 0.3) is 0 Å². The number of hydrogen-bond acceptors (Lipinski definition) is 9. The number of piperazine rings is 2. The van der Waals surface area contributed by atoms with Crippen molar-refractivity contribution in [1.29, 1.82) is 0 Å². The predicted molar refractivity (Wildman–Crippen MR) is 146 cm³/mol. The standard InChI is InChI=1S/C13H18N2O2.C6H7BO2.C5H12N2.C2H2O3/c1-14-7-9-15(10-8-14)12(13(16)17)11-5-3-2-4-6-11;8-7(9)6-4-2-1-3-5-6;1-7-4-2-6-3-5-7;3-1-2(4)5/h2-6,12H,7-10H2,1H3,(H,16,17);1-5,8-9H;6H,2-5H2,1H3;1H,(H,4,5). The normalized spacial score (nSPS) is 16.6. The molecule has 0 bridgehead atoms. The van der Waals surface area contributed by atoms with E-state index in [0.717, 1.165) is 44.8 Å². The van der Waals surface area contributed by atoms with E-state index in [9.17, 15) is 9.90 Å². The van der Waals surface area contributed by atoms with Gasteiger partial charge in [-0.1, -0.05) is 60.7 Å². The van der Waals surface area contributed by atoms with Gasteiger partial charge >= 0.3 is 19.1 Å². The van der Waals surface area contributed by atoms with Crippen molar-refractivity contribution in [1.82, 2.24) is 20.0 Å². The van der Waals surface area contributed by atoms with Crippen LogP contribution in [0.4, 0.5) is 0 Å². The van der Waals surface area contributed by atoms with Gasteiger partial charge in [-0.15, -0.1) is 0 Å². The third-order valence-corrected chi connectivity index (χ3v) is 5.79. The predicted octanol–water partition coefficient (Wildman–Crippen LogP) is -0.783. The fraction of sp³-hybridized carbons (Fsp3) is 0.423. The summed E-state index contributed by atoms with van der Waals surface area (Å²) in [6.45, 7) is 8.21. The zero-order valence-electron chi connectivity index (χ0n) is 22.0. The quantitative estimate of drug-likeness (QED) is 0.188. The van der Waals surface area contributed by atoms with E-state index >= 15 is 0 Å². The lowest BCUT2D eigenvalue weighted by molar-refractivity contribution is -0.144. The third kappa shape index (κ3) is 14.0. The van der Waals surface area contributed by atoms with Gasteiger partial charge in [0, 0.05) is 52.4 Å². The van der Waals surface area contributed by atoms with E-state index in [1.807, 2.05) is 41.3 Å². The molecule has 0 amide bonds. The second-order valence-electron chi connectivity index (χ2n) is 8.78. The number of aliphatic carboxylic acids is 2. The lowest BCUT2D eigenvalue weighted by Gasteiger charge is -2.36. The Morgan fingerprint density at radius 1 is 0.816 bits per heavy atom. The summed E-state index contributed by atoms with van der Waals surface area (Å²) in [5.74, 6) is -2.19. The van der Waals surface area contributed by atoms with E-state index < -0.39 is 25.1 Å². The average molecular weight is 530 g/mol. The van der Waals surface area contributed by atoms with Crippen molar-refractivity contribution in [2.45, 2.75) is 6.04 Å². The molecule has 0 aliphatic carbocycles. The van der Waals surface area contributed by atoms with Crippen LogP contribution in [0, 0.1) is 0 Å². The van der Waals surface area contributed by atoms with Gasteiger partial charge in [-0.25, -0.2) is 4.79 Å². The SMILES string of the molecule is CN1CCN(C(C(=O)O)c2ccccc2)CC1.CN1CCNCC1.O=CC(=O)O.OB(O)c1ccccc1. The van der Waals surface area contributed by atoms with Gasteiger partial charge in [-0.05, 0) is 25.1 Å². The fourth-order valence-electron chi connectivity index (χ4n) is 3.63. The monoisotopic (exact) mass is 530 g/mol. The van der Waals surface area contributed by atoms with Crippen molar-refractivity contribution in [3.8, 4) is 0 Å². The molecule has 2 fully saturated rings. The maximum absolute atomic E-state index is 11.4. The molecule has 2 aromatic rings. The highest BCUT2D eigenvalue weighted by atomic mass is 16.4. The molecule has 0 radical (unpaired) electrons. The van der Waals surface area contributed by atoms with Crippen LogP contribution in [-0.2, 0) is 14.4 Å². The number of nitrogens with zero attached hydrogens (tertiary/aromatic N) is 3. The molecular formula is C26H39BN4O7. The van der Waals surface area contributed by atoms with Crippen LogP contribution in [0.15, 0.2) is 60.7 Å². The number of rotatable bonds is 5. The van der Waals surface area contributed by atoms with Crippen molar-refractivity contribution in [2.75, 3.05) is 66.5 Å². The highest BCUT2D eigenvalue weighted by molar-refractivity contribution is 6.58. The Morgan fingerprint density at radius 2 is 1.26 bits per heavy atom. The molecule has 2 saturated heterocycles. The summed E-state index contributed by atoms with van der Waals surface area (Å²) in [6.07, 6.45) is -0.167. The van der Waals surface area contributed by atoms with Crippen LogP contribution in [0.1, 0.15) is 11.6 Å². The molecule has 2 heterocycles. The molecule has 4 rings (SSSR count). The molecule has 208 valence electrons. The van der Waals surface area contributed by atoms with Gasteiger partial charge in [0.1, 0.15) is 6.04 Å². The number of likely N-dealkylation sites (N-methyl/N-ethyl adjacent to an activating group) is 2. The minimum absolute atomic E-state index is 0.167. The van der Waals surface area contributed by atoms with Crippen molar-refractivity contribution >= 4 is 30.8 Å². The second kappa shape index (κ2) is 19.0. The molecular weight excluding hydrogens is 491 g/mol. The minimum atomic E-state index is -1.43. The van der Waals surface area contributed by atoms with Crippen molar-refractivity contribution < 1.29 is 34.6 Å². The number of carbonyl (C=O) groups is 3. The molecule has 0 saturated carbocycles. The number of carbonyl (C=O) groups excluding carboxylic acids is 1. The number of hydrogen-bond donors (Lipinski definition) is 5. The maximum atomic E-state index is 11.4. The summed E-state index contributed by atoms with van der Waals surface area (Å²) in [7, 11) is 2.88. The van der Waals surface area contributed by atoms with Crippen LogP contribution in [-0.4, -0.2) is 127 Å². The fourth-order valence-corrected chi connectivity index (χ4v) is 3.63. The van der Waals surface area contributed by atoms with E-state index in [2.05, 4.69) is 29.2 Å². The number of aldehydes is 1. The molecule has 1 atom stereocenters. The summed E-state index contributed by atoms with van der Waals surface area (Å²) in [5, 5.41) is 37.2. The van der Waals surface area contributed by atoms with Crippen LogP contribution in [0.2, 0.25) is 0 Å². The van der Waals surface area contributed by atoms with Crippen LogP contribution >= 0.6 is 0 Å². The van der Waals surface area contributed by atoms with Crippen molar-refractivity contribution in [2.24, 2.45) is 0 Å². The van der Waals surface area contributed by atoms with Gasteiger partial charge in [0.15, 0.2) is 0 Å². The van der Waals surface area contributed by atoms with E-state index in [1.165, 1.54) is 13.1 Å². The lowest BCUT2D eigenvalue weighted by Crippen LogP contribution is -2.47. The molecule has 5 N–H and O–H groups in total. The zero-order valence-corrected chi connectivity index (χ0v) is 22.0. The first-order chi connectivity index (χ1) is 18.1. The Bertz CT molecular complexity index is 924. The van der Waals surface area contributed by atoms with Crippen molar-refractivity contribution in [3.63, 3.8) is 0 Å². The van der Waals surface area contributed by atoms with Gasteiger partial charge in [0.2, 0.25) is 6.29 Å². The molecule has 12 heteroatoms. The van der Waals surface area contributed by atoms with Gasteiger partial charge < -0.3 is 35.4 Å². The number of nitrogens with one attached hydrogen (secondary N) is 1. The van der Waals surface area contributed by atoms with Gasteiger partial charge in [0.05, 0.1) is 0 Å². The first-order valence-corrected chi connectivity index (χ1v) is 12.3. The van der Waals surface area contributed by atoms with Crippen LogP contribution in [0.5, 0.6) is 0 Å². The number of carboxylic acids is 2. The lowest BCUT2D eigenvalue weighted by atomic mass is 9.81. The van der Waals surface area contributed by atoms with Crippen molar-refractivity contribution in [3.05, 3.63) is 66.2 Å². The molecule has 11 nitrogen and oxygen atoms in total. The summed E-state index contributed by atoms with van der Waals surface area (Å²) in [6, 6.07) is 17.6. The van der Waals surface area contributed by atoms with E-state index in [4.69, 9.17) is 24.7 Å². The zero-order chi connectivity index (χ0) is 28.3. The Balaban J connectivity index is 0.000000288. The topological polar surface area (TPSA) is 154 Å². The molecule has 0 aromatic heterocycles. The molecule has 2 aromatic carbocycles. The van der Waals surface area contributed by atoms with Gasteiger partial charge in [-0.3, -0.25) is 14.5 Å². The first-order valence-electron chi connectivity index (χ1n) is 12.3. The molecule has 38 heavy (non-hydrogen) atoms. The molecule has 0 spiro atoms. The first kappa shape index (κ1) is 32.9. The summed E-state index contributed by atoms with van der Waals surface area (Å²) in [4.78, 5) is 35.9. The maximum Gasteiger partial charge on any atom is 0.488 e. The second-order valence-corrected chi connectivity index (χ2v) is 8.78. The van der Waals surface area contributed by atoms with Gasteiger partial charge in [-0.2, -0.15) is 0 Å². The Morgan fingerprint density at radius 3 is 1.61 bits per heavy atom. The smallest absolute Gasteiger partial charge is 0.480 e. The average Bonchev–Trinajstić information content (AvgIpc) is 2.92.